The highest BCUT2D eigenvalue weighted by atomic mass is 32.2. The van der Waals surface area contributed by atoms with Crippen molar-refractivity contribution < 1.29 is 9.84 Å². The Morgan fingerprint density at radius 1 is 1.29 bits per heavy atom. The number of aryl methyl sites for hydroxylation is 1. The van der Waals surface area contributed by atoms with Gasteiger partial charge in [-0.25, -0.2) is 0 Å². The zero-order valence-electron chi connectivity index (χ0n) is 11.3. The molecule has 0 radical (unpaired) electrons. The standard InChI is InChI=1S/C14H22O2S/c1-9-8-13(16-4)10(2)11(3)14(9)12(15)6-7-17-5/h8,12,15H,6-7H2,1-5H3. The number of aliphatic hydroxyl groups is 1. The lowest BCUT2D eigenvalue weighted by atomic mass is 9.92. The molecule has 1 aromatic rings. The Bertz CT molecular complexity index is 388. The van der Waals surface area contributed by atoms with Crippen LogP contribution in [0.25, 0.3) is 0 Å². The molecule has 0 aliphatic rings. The quantitative estimate of drug-likeness (QED) is 0.873. The summed E-state index contributed by atoms with van der Waals surface area (Å²) in [7, 11) is 1.69. The summed E-state index contributed by atoms with van der Waals surface area (Å²) in [4.78, 5) is 0. The molecule has 0 aliphatic carbocycles. The Labute approximate surface area is 108 Å². The third-order valence-corrected chi connectivity index (χ3v) is 3.90. The number of rotatable bonds is 5. The van der Waals surface area contributed by atoms with Gasteiger partial charge in [0.05, 0.1) is 13.2 Å². The molecule has 0 aromatic heterocycles. The number of hydrogen-bond donors (Lipinski definition) is 1. The van der Waals surface area contributed by atoms with Crippen molar-refractivity contribution in [3.05, 3.63) is 28.3 Å². The zero-order chi connectivity index (χ0) is 13.0. The van der Waals surface area contributed by atoms with Crippen LogP contribution in [0.2, 0.25) is 0 Å². The molecule has 0 saturated carbocycles. The monoisotopic (exact) mass is 254 g/mol. The average molecular weight is 254 g/mol. The molecule has 1 N–H and O–H groups in total. The van der Waals surface area contributed by atoms with Crippen molar-refractivity contribution in [2.75, 3.05) is 19.1 Å². The molecular weight excluding hydrogens is 232 g/mol. The molecule has 0 amide bonds. The van der Waals surface area contributed by atoms with Crippen molar-refractivity contribution in [1.82, 2.24) is 0 Å². The molecule has 3 heteroatoms. The maximum Gasteiger partial charge on any atom is 0.122 e. The highest BCUT2D eigenvalue weighted by Crippen LogP contribution is 2.32. The average Bonchev–Trinajstić information content (AvgIpc) is 2.31. The highest BCUT2D eigenvalue weighted by Gasteiger charge is 2.16. The van der Waals surface area contributed by atoms with E-state index in [1.54, 1.807) is 18.9 Å². The fraction of sp³-hybridized carbons (Fsp3) is 0.571. The van der Waals surface area contributed by atoms with E-state index in [1.165, 1.54) is 0 Å². The molecular formula is C14H22O2S. The van der Waals surface area contributed by atoms with Gasteiger partial charge in [-0.15, -0.1) is 0 Å². The smallest absolute Gasteiger partial charge is 0.122 e. The van der Waals surface area contributed by atoms with Gasteiger partial charge < -0.3 is 9.84 Å². The molecule has 96 valence electrons. The third kappa shape index (κ3) is 3.17. The van der Waals surface area contributed by atoms with Gasteiger partial charge in [0, 0.05) is 0 Å². The number of thioether (sulfide) groups is 1. The fourth-order valence-electron chi connectivity index (χ4n) is 2.16. The first-order valence-electron chi connectivity index (χ1n) is 5.84. The van der Waals surface area contributed by atoms with Crippen LogP contribution in [-0.2, 0) is 0 Å². The van der Waals surface area contributed by atoms with Crippen LogP contribution in [0.5, 0.6) is 5.75 Å². The van der Waals surface area contributed by atoms with E-state index in [-0.39, 0.29) is 6.10 Å². The van der Waals surface area contributed by atoms with E-state index in [0.717, 1.165) is 40.2 Å². The minimum Gasteiger partial charge on any atom is -0.496 e. The molecule has 0 spiro atoms. The second-order valence-corrected chi connectivity index (χ2v) is 5.34. The summed E-state index contributed by atoms with van der Waals surface area (Å²) in [5.74, 6) is 1.88. The van der Waals surface area contributed by atoms with E-state index in [1.807, 2.05) is 19.9 Å². The first-order chi connectivity index (χ1) is 8.02. The van der Waals surface area contributed by atoms with Gasteiger partial charge in [0.2, 0.25) is 0 Å². The van der Waals surface area contributed by atoms with Crippen molar-refractivity contribution in [3.8, 4) is 5.75 Å². The lowest BCUT2D eigenvalue weighted by molar-refractivity contribution is 0.173. The lowest BCUT2D eigenvalue weighted by Gasteiger charge is -2.20. The molecule has 1 atom stereocenters. The van der Waals surface area contributed by atoms with E-state index in [2.05, 4.69) is 13.2 Å². The summed E-state index contributed by atoms with van der Waals surface area (Å²) in [5.41, 5.74) is 4.45. The molecule has 2 nitrogen and oxygen atoms in total. The van der Waals surface area contributed by atoms with Crippen molar-refractivity contribution in [2.45, 2.75) is 33.3 Å². The number of benzene rings is 1. The number of methoxy groups -OCH3 is 1. The van der Waals surface area contributed by atoms with Crippen LogP contribution in [0.1, 0.15) is 34.8 Å². The fourth-order valence-corrected chi connectivity index (χ4v) is 2.62. The summed E-state index contributed by atoms with van der Waals surface area (Å²) in [5, 5.41) is 10.2. The summed E-state index contributed by atoms with van der Waals surface area (Å²) in [6, 6.07) is 2.01. The summed E-state index contributed by atoms with van der Waals surface area (Å²) in [6.45, 7) is 6.13. The van der Waals surface area contributed by atoms with Gasteiger partial charge in [0.15, 0.2) is 0 Å². The van der Waals surface area contributed by atoms with Crippen LogP contribution < -0.4 is 4.74 Å². The summed E-state index contributed by atoms with van der Waals surface area (Å²) >= 11 is 1.76. The second kappa shape index (κ2) is 6.31. The van der Waals surface area contributed by atoms with Crippen LogP contribution in [0, 0.1) is 20.8 Å². The molecule has 0 saturated heterocycles. The largest absolute Gasteiger partial charge is 0.496 e. The number of hydrogen-bond acceptors (Lipinski definition) is 3. The van der Waals surface area contributed by atoms with Gasteiger partial charge in [-0.2, -0.15) is 11.8 Å². The highest BCUT2D eigenvalue weighted by molar-refractivity contribution is 7.98. The predicted molar refractivity (Wildman–Crippen MR) is 75.2 cm³/mol. The third-order valence-electron chi connectivity index (χ3n) is 3.26. The van der Waals surface area contributed by atoms with Gasteiger partial charge >= 0.3 is 0 Å². The molecule has 0 heterocycles. The van der Waals surface area contributed by atoms with Crippen molar-refractivity contribution in [3.63, 3.8) is 0 Å². The van der Waals surface area contributed by atoms with E-state index < -0.39 is 0 Å². The minimum atomic E-state index is -0.368. The zero-order valence-corrected chi connectivity index (χ0v) is 12.1. The van der Waals surface area contributed by atoms with Crippen LogP contribution in [0.15, 0.2) is 6.07 Å². The first-order valence-corrected chi connectivity index (χ1v) is 7.24. The second-order valence-electron chi connectivity index (χ2n) is 4.36. The normalized spacial score (nSPS) is 12.6. The Morgan fingerprint density at radius 2 is 1.94 bits per heavy atom. The van der Waals surface area contributed by atoms with Crippen molar-refractivity contribution in [1.29, 1.82) is 0 Å². The summed E-state index contributed by atoms with van der Waals surface area (Å²) < 4.78 is 5.34. The molecule has 0 fully saturated rings. The molecule has 1 rings (SSSR count). The molecule has 0 bridgehead atoms. The van der Waals surface area contributed by atoms with Crippen LogP contribution in [-0.4, -0.2) is 24.2 Å². The van der Waals surface area contributed by atoms with E-state index in [9.17, 15) is 5.11 Å². The van der Waals surface area contributed by atoms with Crippen molar-refractivity contribution >= 4 is 11.8 Å². The minimum absolute atomic E-state index is 0.368. The maximum atomic E-state index is 10.2. The van der Waals surface area contributed by atoms with E-state index in [4.69, 9.17) is 4.74 Å². The Morgan fingerprint density at radius 3 is 2.47 bits per heavy atom. The van der Waals surface area contributed by atoms with E-state index in [0.29, 0.717) is 0 Å². The Kier molecular flexibility index (Phi) is 5.34. The van der Waals surface area contributed by atoms with Gasteiger partial charge in [-0.05, 0) is 67.5 Å². The van der Waals surface area contributed by atoms with Gasteiger partial charge in [-0.3, -0.25) is 0 Å². The number of ether oxygens (including phenoxy) is 1. The molecule has 0 aliphatic heterocycles. The summed E-state index contributed by atoms with van der Waals surface area (Å²) in [6.07, 6.45) is 2.49. The maximum absolute atomic E-state index is 10.2. The topological polar surface area (TPSA) is 29.5 Å². The first kappa shape index (κ1) is 14.4. The molecule has 1 aromatic carbocycles. The van der Waals surface area contributed by atoms with Crippen molar-refractivity contribution in [2.24, 2.45) is 0 Å². The van der Waals surface area contributed by atoms with E-state index >= 15 is 0 Å². The predicted octanol–water partition coefficient (Wildman–Crippen LogP) is 3.41. The van der Waals surface area contributed by atoms with Gasteiger partial charge in [-0.1, -0.05) is 0 Å². The molecule has 17 heavy (non-hydrogen) atoms. The number of aliphatic hydroxyl groups excluding tert-OH is 1. The van der Waals surface area contributed by atoms with Gasteiger partial charge in [0.1, 0.15) is 5.75 Å². The van der Waals surface area contributed by atoms with Gasteiger partial charge in [0.25, 0.3) is 0 Å². The Hall–Kier alpha value is -0.670. The molecule has 1 unspecified atom stereocenters. The van der Waals surface area contributed by atoms with Crippen LogP contribution in [0.3, 0.4) is 0 Å². The Balaban J connectivity index is 3.11. The van der Waals surface area contributed by atoms with Crippen LogP contribution >= 0.6 is 11.8 Å². The lowest BCUT2D eigenvalue weighted by Crippen LogP contribution is -2.06. The van der Waals surface area contributed by atoms with Crippen LogP contribution in [0.4, 0.5) is 0 Å². The SMILES string of the molecule is COc1cc(C)c(C(O)CCSC)c(C)c1C.